The zero-order chi connectivity index (χ0) is 17.6. The first-order chi connectivity index (χ1) is 12.1. The van der Waals surface area contributed by atoms with Gasteiger partial charge in [0.2, 0.25) is 0 Å². The minimum absolute atomic E-state index is 0.177. The summed E-state index contributed by atoms with van der Waals surface area (Å²) in [5, 5.41) is 2.61. The molecule has 1 aliphatic heterocycles. The molecular weight excluding hydrogens is 332 g/mol. The fourth-order valence-electron chi connectivity index (χ4n) is 3.43. The number of ether oxygens (including phenoxy) is 1. The lowest BCUT2D eigenvalue weighted by Crippen LogP contribution is -2.27. The van der Waals surface area contributed by atoms with Crippen molar-refractivity contribution in [1.82, 2.24) is 9.47 Å². The van der Waals surface area contributed by atoms with E-state index in [2.05, 4.69) is 41.8 Å². The molecule has 0 radical (unpaired) electrons. The largest absolute Gasteiger partial charge is 0.426 e. The van der Waals surface area contributed by atoms with Crippen LogP contribution in [0.4, 0.5) is 0 Å². The number of benzene rings is 2. The fraction of sp³-hybridized carbons (Fsp3) is 0.200. The van der Waals surface area contributed by atoms with Gasteiger partial charge in [-0.2, -0.15) is 0 Å². The predicted octanol–water partition coefficient (Wildman–Crippen LogP) is 4.32. The monoisotopic (exact) mass is 350 g/mol. The van der Waals surface area contributed by atoms with Gasteiger partial charge >= 0.3 is 0 Å². The number of aryl methyl sites for hydroxylation is 1. The first-order valence-electron chi connectivity index (χ1n) is 8.40. The zero-order valence-electron chi connectivity index (χ0n) is 14.2. The van der Waals surface area contributed by atoms with Crippen molar-refractivity contribution in [2.24, 2.45) is 0 Å². The Morgan fingerprint density at radius 3 is 2.52 bits per heavy atom. The lowest BCUT2D eigenvalue weighted by atomic mass is 10.1. The van der Waals surface area contributed by atoms with E-state index in [9.17, 15) is 4.79 Å². The fourth-order valence-corrected chi connectivity index (χ4v) is 3.73. The molecule has 2 aromatic carbocycles. The van der Waals surface area contributed by atoms with Crippen molar-refractivity contribution >= 4 is 51.2 Å². The summed E-state index contributed by atoms with van der Waals surface area (Å²) in [6.07, 6.45) is 1.77. The van der Waals surface area contributed by atoms with Gasteiger partial charge in [-0.3, -0.25) is 9.69 Å². The van der Waals surface area contributed by atoms with Crippen molar-refractivity contribution in [1.29, 1.82) is 0 Å². The highest BCUT2D eigenvalue weighted by molar-refractivity contribution is 7.80. The van der Waals surface area contributed by atoms with Crippen LogP contribution in [0.1, 0.15) is 19.4 Å². The standard InChI is InChI=1S/C20H18N2O2S/c1-3-21-16-8-6-5-7-14(16)15-11-13(9-10-17(15)21)12-18-19(23)22(4-2)20(25)24-18/h5-12H,3-4H2,1-2H3/b18-12+. The van der Waals surface area contributed by atoms with Gasteiger partial charge in [0, 0.05) is 34.9 Å². The van der Waals surface area contributed by atoms with Crippen molar-refractivity contribution < 1.29 is 9.53 Å². The molecule has 5 heteroatoms. The third-order valence-electron chi connectivity index (χ3n) is 4.60. The van der Waals surface area contributed by atoms with Crippen LogP contribution in [0.5, 0.6) is 0 Å². The maximum atomic E-state index is 12.3. The number of carbonyl (C=O) groups is 1. The summed E-state index contributed by atoms with van der Waals surface area (Å²) in [6, 6.07) is 14.6. The SMILES string of the molecule is CCN1C(=O)/C(=C\c2ccc3c(c2)c2ccccc2n3CC)OC1=S. The van der Waals surface area contributed by atoms with Gasteiger partial charge in [-0.25, -0.2) is 0 Å². The molecule has 1 aliphatic rings. The van der Waals surface area contributed by atoms with E-state index in [4.69, 9.17) is 17.0 Å². The number of aromatic nitrogens is 1. The molecule has 0 saturated carbocycles. The molecule has 3 aromatic rings. The predicted molar refractivity (Wildman–Crippen MR) is 104 cm³/mol. The number of hydrogen-bond acceptors (Lipinski definition) is 3. The summed E-state index contributed by atoms with van der Waals surface area (Å²) in [6.45, 7) is 5.44. The molecule has 0 atom stereocenters. The second-order valence-corrected chi connectivity index (χ2v) is 6.31. The Morgan fingerprint density at radius 2 is 1.80 bits per heavy atom. The van der Waals surface area contributed by atoms with E-state index in [-0.39, 0.29) is 16.8 Å². The smallest absolute Gasteiger partial charge is 0.297 e. The van der Waals surface area contributed by atoms with Gasteiger partial charge in [0.15, 0.2) is 5.76 Å². The van der Waals surface area contributed by atoms with Gasteiger partial charge in [0.05, 0.1) is 0 Å². The van der Waals surface area contributed by atoms with Crippen LogP contribution in [0.15, 0.2) is 48.2 Å². The van der Waals surface area contributed by atoms with Crippen LogP contribution in [0.25, 0.3) is 27.9 Å². The van der Waals surface area contributed by atoms with E-state index < -0.39 is 0 Å². The highest BCUT2D eigenvalue weighted by Crippen LogP contribution is 2.30. The lowest BCUT2D eigenvalue weighted by molar-refractivity contribution is -0.122. The Morgan fingerprint density at radius 1 is 1.04 bits per heavy atom. The van der Waals surface area contributed by atoms with Crippen molar-refractivity contribution in [3.8, 4) is 0 Å². The summed E-state index contributed by atoms with van der Waals surface area (Å²) < 4.78 is 7.77. The molecule has 1 amide bonds. The molecule has 0 spiro atoms. The molecule has 0 aliphatic carbocycles. The van der Waals surface area contributed by atoms with E-state index in [1.54, 1.807) is 6.08 Å². The minimum Gasteiger partial charge on any atom is -0.426 e. The Kier molecular flexibility index (Phi) is 3.81. The van der Waals surface area contributed by atoms with Crippen LogP contribution >= 0.6 is 12.2 Å². The van der Waals surface area contributed by atoms with Crippen LogP contribution in [0.3, 0.4) is 0 Å². The molecule has 0 unspecified atom stereocenters. The van der Waals surface area contributed by atoms with E-state index in [1.807, 2.05) is 19.1 Å². The van der Waals surface area contributed by atoms with Gasteiger partial charge in [0.1, 0.15) is 0 Å². The topological polar surface area (TPSA) is 34.5 Å². The van der Waals surface area contributed by atoms with Crippen LogP contribution in [-0.4, -0.2) is 27.1 Å². The molecule has 0 N–H and O–H groups in total. The maximum Gasteiger partial charge on any atom is 0.297 e. The Labute approximate surface area is 151 Å². The second kappa shape index (κ2) is 6.01. The average molecular weight is 350 g/mol. The van der Waals surface area contributed by atoms with Gasteiger partial charge < -0.3 is 9.30 Å². The number of hydrogen-bond donors (Lipinski definition) is 0. The Balaban J connectivity index is 1.85. The van der Waals surface area contributed by atoms with Crippen molar-refractivity contribution in [2.45, 2.75) is 20.4 Å². The number of likely N-dealkylation sites (N-methyl/N-ethyl adjacent to an activating group) is 1. The van der Waals surface area contributed by atoms with Crippen molar-refractivity contribution in [2.75, 3.05) is 6.54 Å². The summed E-state index contributed by atoms with van der Waals surface area (Å²) >= 11 is 5.11. The minimum atomic E-state index is -0.177. The molecule has 4 rings (SSSR count). The molecule has 1 fully saturated rings. The van der Waals surface area contributed by atoms with Gasteiger partial charge in [-0.15, -0.1) is 0 Å². The second-order valence-electron chi connectivity index (χ2n) is 5.96. The van der Waals surface area contributed by atoms with E-state index in [0.717, 1.165) is 12.1 Å². The normalized spacial score (nSPS) is 16.4. The summed E-state index contributed by atoms with van der Waals surface area (Å²) in [7, 11) is 0. The van der Waals surface area contributed by atoms with Crippen LogP contribution in [-0.2, 0) is 16.1 Å². The first kappa shape index (κ1) is 15.8. The number of carbonyl (C=O) groups excluding carboxylic acids is 1. The number of nitrogens with zero attached hydrogens (tertiary/aromatic N) is 2. The lowest BCUT2D eigenvalue weighted by Gasteiger charge is -2.06. The molecule has 25 heavy (non-hydrogen) atoms. The molecule has 4 nitrogen and oxygen atoms in total. The number of thiocarbonyl (C=S) groups is 1. The molecule has 126 valence electrons. The van der Waals surface area contributed by atoms with E-state index >= 15 is 0 Å². The average Bonchev–Trinajstić information content (AvgIpc) is 3.08. The van der Waals surface area contributed by atoms with Gasteiger partial charge in [0.25, 0.3) is 11.1 Å². The molecule has 0 bridgehead atoms. The van der Waals surface area contributed by atoms with Gasteiger partial charge in [-0.1, -0.05) is 24.3 Å². The molecule has 1 saturated heterocycles. The van der Waals surface area contributed by atoms with Crippen LogP contribution in [0, 0.1) is 0 Å². The van der Waals surface area contributed by atoms with Crippen molar-refractivity contribution in [3.05, 3.63) is 53.8 Å². The van der Waals surface area contributed by atoms with E-state index in [0.29, 0.717) is 6.54 Å². The third kappa shape index (κ3) is 2.43. The highest BCUT2D eigenvalue weighted by atomic mass is 32.1. The third-order valence-corrected chi connectivity index (χ3v) is 4.90. The summed E-state index contributed by atoms with van der Waals surface area (Å²) in [5.74, 6) is 0.106. The van der Waals surface area contributed by atoms with Gasteiger partial charge in [-0.05, 0) is 55.9 Å². The molecule has 1 aromatic heterocycles. The van der Waals surface area contributed by atoms with Crippen LogP contribution in [0.2, 0.25) is 0 Å². The Bertz CT molecular complexity index is 1050. The summed E-state index contributed by atoms with van der Waals surface area (Å²) in [4.78, 5) is 13.8. The first-order valence-corrected chi connectivity index (χ1v) is 8.81. The number of amides is 1. The maximum absolute atomic E-state index is 12.3. The van der Waals surface area contributed by atoms with Crippen LogP contribution < -0.4 is 0 Å². The quantitative estimate of drug-likeness (QED) is 0.521. The molecular formula is C20H18N2O2S. The summed E-state index contributed by atoms with van der Waals surface area (Å²) in [5.41, 5.74) is 3.34. The number of fused-ring (bicyclic) bond motifs is 3. The Hall–Kier alpha value is -2.66. The number of para-hydroxylation sites is 1. The highest BCUT2D eigenvalue weighted by Gasteiger charge is 2.31. The zero-order valence-corrected chi connectivity index (χ0v) is 15.0. The van der Waals surface area contributed by atoms with E-state index in [1.165, 1.54) is 26.7 Å². The number of rotatable bonds is 3. The molecule has 2 heterocycles. The van der Waals surface area contributed by atoms with Crippen molar-refractivity contribution in [3.63, 3.8) is 0 Å².